The minimum absolute atomic E-state index is 0.358. The number of nitrogens with zero attached hydrogens (tertiary/aromatic N) is 3. The van der Waals surface area contributed by atoms with Gasteiger partial charge in [0.05, 0.1) is 0 Å². The second kappa shape index (κ2) is 4.90. The molecule has 4 nitrogen and oxygen atoms in total. The number of aromatic nitrogens is 2. The van der Waals surface area contributed by atoms with Gasteiger partial charge in [-0.2, -0.15) is 0 Å². The quantitative estimate of drug-likeness (QED) is 0.850. The van der Waals surface area contributed by atoms with Crippen molar-refractivity contribution in [1.29, 1.82) is 0 Å². The second-order valence-electron chi connectivity index (χ2n) is 5.20. The second-order valence-corrected chi connectivity index (χ2v) is 5.20. The smallest absolute Gasteiger partial charge is 0.135 e. The van der Waals surface area contributed by atoms with Crippen LogP contribution in [0.1, 0.15) is 38.4 Å². The minimum atomic E-state index is 0.358. The Labute approximate surface area is 103 Å². The first-order valence-electron chi connectivity index (χ1n) is 6.38. The summed E-state index contributed by atoms with van der Waals surface area (Å²) in [5.41, 5.74) is 0. The van der Waals surface area contributed by atoms with E-state index in [0.717, 1.165) is 29.9 Å². The van der Waals surface area contributed by atoms with Gasteiger partial charge >= 0.3 is 0 Å². The predicted molar refractivity (Wildman–Crippen MR) is 71.7 cm³/mol. The van der Waals surface area contributed by atoms with E-state index < -0.39 is 0 Å². The number of hydrogen-bond acceptors (Lipinski definition) is 4. The lowest BCUT2D eigenvalue weighted by atomic mass is 10.2. The lowest BCUT2D eigenvalue weighted by Gasteiger charge is -2.20. The highest BCUT2D eigenvalue weighted by atomic mass is 15.2. The largest absolute Gasteiger partial charge is 0.373 e. The van der Waals surface area contributed by atoms with Crippen molar-refractivity contribution in [3.05, 3.63) is 11.9 Å². The molecular formula is C13H22N4. The molecule has 1 aromatic rings. The van der Waals surface area contributed by atoms with Crippen LogP contribution in [0.5, 0.6) is 0 Å². The van der Waals surface area contributed by atoms with E-state index in [1.807, 2.05) is 13.1 Å². The molecule has 0 unspecified atom stereocenters. The summed E-state index contributed by atoms with van der Waals surface area (Å²) in [6, 6.07) is 2.02. The summed E-state index contributed by atoms with van der Waals surface area (Å²) in [4.78, 5) is 11.4. The van der Waals surface area contributed by atoms with Crippen molar-refractivity contribution in [2.45, 2.75) is 32.6 Å². The fraction of sp³-hybridized carbons (Fsp3) is 0.692. The molecule has 0 bridgehead atoms. The third-order valence-electron chi connectivity index (χ3n) is 3.12. The van der Waals surface area contributed by atoms with Gasteiger partial charge in [-0.3, -0.25) is 0 Å². The normalized spacial score (nSPS) is 15.1. The van der Waals surface area contributed by atoms with Gasteiger partial charge in [0.15, 0.2) is 0 Å². The van der Waals surface area contributed by atoms with Gasteiger partial charge in [-0.25, -0.2) is 9.97 Å². The number of rotatable bonds is 5. The molecule has 1 heterocycles. The van der Waals surface area contributed by atoms with E-state index in [0.29, 0.717) is 5.92 Å². The molecule has 17 heavy (non-hydrogen) atoms. The van der Waals surface area contributed by atoms with E-state index >= 15 is 0 Å². The van der Waals surface area contributed by atoms with Crippen molar-refractivity contribution in [3.63, 3.8) is 0 Å². The zero-order chi connectivity index (χ0) is 12.4. The summed E-state index contributed by atoms with van der Waals surface area (Å²) in [5.74, 6) is 4.07. The average Bonchev–Trinajstić information content (AvgIpc) is 3.12. The highest BCUT2D eigenvalue weighted by molar-refractivity contribution is 5.49. The Morgan fingerprint density at radius 1 is 1.41 bits per heavy atom. The summed E-state index contributed by atoms with van der Waals surface area (Å²) in [5, 5.41) is 3.11. The van der Waals surface area contributed by atoms with Gasteiger partial charge in [-0.1, -0.05) is 13.8 Å². The lowest BCUT2D eigenvalue weighted by Crippen LogP contribution is -2.22. The van der Waals surface area contributed by atoms with Crippen molar-refractivity contribution < 1.29 is 0 Å². The Kier molecular flexibility index (Phi) is 3.50. The standard InChI is InChI=1S/C13H22N4/c1-9(2)13-15-11(14-3)7-12(16-13)17(4)8-10-5-6-10/h7,9-10H,5-6,8H2,1-4H3,(H,14,15,16). The highest BCUT2D eigenvalue weighted by Gasteiger charge is 2.23. The van der Waals surface area contributed by atoms with Crippen LogP contribution in [-0.4, -0.2) is 30.6 Å². The molecule has 1 saturated carbocycles. The fourth-order valence-electron chi connectivity index (χ4n) is 1.82. The van der Waals surface area contributed by atoms with E-state index in [4.69, 9.17) is 0 Å². The van der Waals surface area contributed by atoms with Crippen LogP contribution in [0.15, 0.2) is 6.07 Å². The van der Waals surface area contributed by atoms with Crippen LogP contribution in [-0.2, 0) is 0 Å². The number of anilines is 2. The zero-order valence-electron chi connectivity index (χ0n) is 11.2. The molecule has 1 N–H and O–H groups in total. The Hall–Kier alpha value is -1.32. The Bertz CT molecular complexity index is 385. The summed E-state index contributed by atoms with van der Waals surface area (Å²) < 4.78 is 0. The van der Waals surface area contributed by atoms with Gasteiger partial charge in [0.1, 0.15) is 17.5 Å². The SMILES string of the molecule is CNc1cc(N(C)CC2CC2)nc(C(C)C)n1. The van der Waals surface area contributed by atoms with Crippen LogP contribution in [0.2, 0.25) is 0 Å². The van der Waals surface area contributed by atoms with Crippen molar-refractivity contribution >= 4 is 11.6 Å². The van der Waals surface area contributed by atoms with E-state index in [1.165, 1.54) is 12.8 Å². The van der Waals surface area contributed by atoms with Gasteiger partial charge < -0.3 is 10.2 Å². The summed E-state index contributed by atoms with van der Waals surface area (Å²) >= 11 is 0. The van der Waals surface area contributed by atoms with Gasteiger partial charge in [0.2, 0.25) is 0 Å². The number of hydrogen-bond donors (Lipinski definition) is 1. The molecule has 1 fully saturated rings. The third kappa shape index (κ3) is 3.08. The highest BCUT2D eigenvalue weighted by Crippen LogP contribution is 2.31. The van der Waals surface area contributed by atoms with E-state index in [-0.39, 0.29) is 0 Å². The first-order valence-corrected chi connectivity index (χ1v) is 6.38. The summed E-state index contributed by atoms with van der Waals surface area (Å²) in [6.07, 6.45) is 2.73. The third-order valence-corrected chi connectivity index (χ3v) is 3.12. The Morgan fingerprint density at radius 3 is 2.65 bits per heavy atom. The molecule has 4 heteroatoms. The molecule has 1 aromatic heterocycles. The molecule has 0 aromatic carbocycles. The Morgan fingerprint density at radius 2 is 2.12 bits per heavy atom. The lowest BCUT2D eigenvalue weighted by molar-refractivity contribution is 0.743. The minimum Gasteiger partial charge on any atom is -0.373 e. The van der Waals surface area contributed by atoms with E-state index in [1.54, 1.807) is 0 Å². The summed E-state index contributed by atoms with van der Waals surface area (Å²) in [6.45, 7) is 5.36. The molecule has 0 saturated heterocycles. The predicted octanol–water partition coefficient (Wildman–Crippen LogP) is 2.49. The molecule has 0 amide bonds. The van der Waals surface area contributed by atoms with Crippen molar-refractivity contribution in [2.24, 2.45) is 5.92 Å². The van der Waals surface area contributed by atoms with E-state index in [9.17, 15) is 0 Å². The van der Waals surface area contributed by atoms with Crippen LogP contribution < -0.4 is 10.2 Å². The molecule has 0 spiro atoms. The van der Waals surface area contributed by atoms with Gasteiger partial charge in [0.25, 0.3) is 0 Å². The Balaban J connectivity index is 2.21. The van der Waals surface area contributed by atoms with Crippen LogP contribution in [0.25, 0.3) is 0 Å². The molecule has 1 aliphatic carbocycles. The first-order chi connectivity index (χ1) is 8.10. The molecule has 0 aliphatic heterocycles. The van der Waals surface area contributed by atoms with Crippen molar-refractivity contribution in [2.75, 3.05) is 30.9 Å². The molecule has 1 aliphatic rings. The van der Waals surface area contributed by atoms with Crippen LogP contribution in [0.3, 0.4) is 0 Å². The van der Waals surface area contributed by atoms with E-state index in [2.05, 4.69) is 41.1 Å². The van der Waals surface area contributed by atoms with Crippen LogP contribution in [0.4, 0.5) is 11.6 Å². The van der Waals surface area contributed by atoms with Crippen molar-refractivity contribution in [3.8, 4) is 0 Å². The average molecular weight is 234 g/mol. The van der Waals surface area contributed by atoms with Crippen molar-refractivity contribution in [1.82, 2.24) is 9.97 Å². The number of nitrogens with one attached hydrogen (secondary N) is 1. The van der Waals surface area contributed by atoms with Gasteiger partial charge in [-0.15, -0.1) is 0 Å². The maximum absolute atomic E-state index is 4.64. The van der Waals surface area contributed by atoms with Gasteiger partial charge in [0, 0.05) is 32.6 Å². The molecule has 2 rings (SSSR count). The molecule has 0 atom stereocenters. The van der Waals surface area contributed by atoms with Gasteiger partial charge in [-0.05, 0) is 18.8 Å². The fourth-order valence-corrected chi connectivity index (χ4v) is 1.82. The maximum Gasteiger partial charge on any atom is 0.135 e. The monoisotopic (exact) mass is 234 g/mol. The van der Waals surface area contributed by atoms with Crippen LogP contribution >= 0.6 is 0 Å². The molecule has 0 radical (unpaired) electrons. The first kappa shape index (κ1) is 12.1. The molecule has 94 valence electrons. The molecular weight excluding hydrogens is 212 g/mol. The topological polar surface area (TPSA) is 41.0 Å². The van der Waals surface area contributed by atoms with Crippen LogP contribution in [0, 0.1) is 5.92 Å². The summed E-state index contributed by atoms with van der Waals surface area (Å²) in [7, 11) is 4.02. The zero-order valence-corrected chi connectivity index (χ0v) is 11.2. The maximum atomic E-state index is 4.64.